The summed E-state index contributed by atoms with van der Waals surface area (Å²) < 4.78 is 24.0. The molecule has 0 saturated carbocycles. The summed E-state index contributed by atoms with van der Waals surface area (Å²) >= 11 is 0. The van der Waals surface area contributed by atoms with Gasteiger partial charge in [-0.1, -0.05) is 32.9 Å². The van der Waals surface area contributed by atoms with Gasteiger partial charge in [-0.2, -0.15) is 0 Å². The van der Waals surface area contributed by atoms with E-state index in [-0.39, 0.29) is 18.1 Å². The van der Waals surface area contributed by atoms with E-state index in [1.54, 1.807) is 20.8 Å². The summed E-state index contributed by atoms with van der Waals surface area (Å²) in [7, 11) is 1.54. The molecule has 1 saturated heterocycles. The first-order valence-electron chi connectivity index (χ1n) is 11.2. The lowest BCUT2D eigenvalue weighted by atomic mass is 9.75. The van der Waals surface area contributed by atoms with E-state index < -0.39 is 54.0 Å². The van der Waals surface area contributed by atoms with Crippen LogP contribution in [0.5, 0.6) is 0 Å². The van der Waals surface area contributed by atoms with Crippen LogP contribution in [0.3, 0.4) is 0 Å². The highest BCUT2D eigenvalue weighted by Gasteiger charge is 2.47. The summed E-state index contributed by atoms with van der Waals surface area (Å²) in [6.45, 7) is 10.5. The Balaban J connectivity index is 3.55. The number of aliphatic hydroxyl groups is 2. The number of rotatable bonds is 4. The molecular formula is C23H40FNO7. The molecule has 2 N–H and O–H groups in total. The maximum absolute atomic E-state index is 12.9. The fourth-order valence-electron chi connectivity index (χ4n) is 4.73. The van der Waals surface area contributed by atoms with Crippen molar-refractivity contribution in [3.8, 4) is 0 Å². The Morgan fingerprint density at radius 2 is 1.72 bits per heavy atom. The predicted molar refractivity (Wildman–Crippen MR) is 118 cm³/mol. The number of carbonyl (C=O) groups excluding carboxylic acids is 2. The van der Waals surface area contributed by atoms with Crippen LogP contribution in [0.1, 0.15) is 67.7 Å². The van der Waals surface area contributed by atoms with Gasteiger partial charge in [0.2, 0.25) is 0 Å². The molecule has 1 rings (SSSR count). The lowest BCUT2D eigenvalue weighted by molar-refractivity contribution is -0.186. The molecular weight excluding hydrogens is 421 g/mol. The van der Waals surface area contributed by atoms with Gasteiger partial charge < -0.3 is 24.5 Å². The molecule has 1 aliphatic heterocycles. The number of carbonyl (C=O) groups is 2. The number of esters is 1. The number of oxime groups is 1. The van der Waals surface area contributed by atoms with Gasteiger partial charge in [0, 0.05) is 24.9 Å². The summed E-state index contributed by atoms with van der Waals surface area (Å²) in [5.74, 6) is -3.66. The van der Waals surface area contributed by atoms with Crippen molar-refractivity contribution in [2.75, 3.05) is 14.0 Å². The maximum atomic E-state index is 12.9. The zero-order valence-electron chi connectivity index (χ0n) is 20.6. The van der Waals surface area contributed by atoms with Crippen molar-refractivity contribution in [2.45, 2.75) is 91.1 Å². The van der Waals surface area contributed by atoms with E-state index >= 15 is 0 Å². The zero-order chi connectivity index (χ0) is 24.9. The molecule has 0 spiro atoms. The van der Waals surface area contributed by atoms with Crippen LogP contribution in [0.15, 0.2) is 5.16 Å². The number of halogens is 1. The van der Waals surface area contributed by atoms with E-state index in [0.29, 0.717) is 18.6 Å². The molecule has 0 aromatic heterocycles. The second-order valence-electron chi connectivity index (χ2n) is 9.54. The third-order valence-electron chi connectivity index (χ3n) is 6.78. The van der Waals surface area contributed by atoms with Crippen molar-refractivity contribution in [1.29, 1.82) is 0 Å². The Morgan fingerprint density at radius 3 is 2.22 bits per heavy atom. The molecule has 32 heavy (non-hydrogen) atoms. The fraction of sp³-hybridized carbons (Fsp3) is 0.870. The standard InChI is InChI=1S/C23H40FNO7/c1-9-17-23(7,29)20(27)15(4)18(25-31-12-24)13(2)10-22(6,30-8)11-14(3)19(26)16(5)21(28)32-17/h13-17,20,27,29H,9-12H2,1-8H3/b25-18+/t13-,14-,15?,16-,17-,20?,22-,23-/m1/s1. The van der Waals surface area contributed by atoms with Gasteiger partial charge in [0.05, 0.1) is 17.4 Å². The van der Waals surface area contributed by atoms with Crippen molar-refractivity contribution < 1.29 is 38.5 Å². The van der Waals surface area contributed by atoms with Crippen LogP contribution >= 0.6 is 0 Å². The third kappa shape index (κ3) is 6.48. The minimum atomic E-state index is -1.86. The molecule has 0 bridgehead atoms. The number of methoxy groups -OCH3 is 1. The van der Waals surface area contributed by atoms with Crippen molar-refractivity contribution in [1.82, 2.24) is 0 Å². The normalized spacial score (nSPS) is 41.8. The summed E-state index contributed by atoms with van der Waals surface area (Å²) in [4.78, 5) is 30.3. The van der Waals surface area contributed by atoms with Crippen molar-refractivity contribution in [3.63, 3.8) is 0 Å². The topological polar surface area (TPSA) is 115 Å². The summed E-state index contributed by atoms with van der Waals surface area (Å²) in [5.41, 5.74) is -2.29. The average Bonchev–Trinajstić information content (AvgIpc) is 2.74. The van der Waals surface area contributed by atoms with Gasteiger partial charge >= 0.3 is 5.97 Å². The van der Waals surface area contributed by atoms with E-state index in [4.69, 9.17) is 9.47 Å². The smallest absolute Gasteiger partial charge is 0.316 e. The molecule has 186 valence electrons. The van der Waals surface area contributed by atoms with Crippen LogP contribution < -0.4 is 0 Å². The van der Waals surface area contributed by atoms with Gasteiger partial charge in [-0.15, -0.1) is 0 Å². The number of cyclic esters (lactones) is 1. The van der Waals surface area contributed by atoms with Crippen LogP contribution in [0.25, 0.3) is 0 Å². The fourth-order valence-corrected chi connectivity index (χ4v) is 4.73. The van der Waals surface area contributed by atoms with Crippen LogP contribution in [0, 0.1) is 23.7 Å². The minimum absolute atomic E-state index is 0.212. The Bertz CT molecular complexity index is 683. The highest BCUT2D eigenvalue weighted by atomic mass is 19.1. The molecule has 0 radical (unpaired) electrons. The SMILES string of the molecule is CC[C@H]1OC(=O)[C@H](C)C(=O)[C@H](C)C[C@](C)(OC)C[C@@H](C)/C(=N\OCF)C(C)C(O)[C@]1(C)O. The second-order valence-corrected chi connectivity index (χ2v) is 9.54. The highest BCUT2D eigenvalue weighted by Crippen LogP contribution is 2.35. The molecule has 8 nitrogen and oxygen atoms in total. The van der Waals surface area contributed by atoms with Gasteiger partial charge in [-0.25, -0.2) is 4.39 Å². The largest absolute Gasteiger partial charge is 0.459 e. The lowest BCUT2D eigenvalue weighted by Gasteiger charge is -2.41. The number of Topliss-reactive ketones (excluding diaryl/α,β-unsaturated/α-hetero) is 1. The zero-order valence-corrected chi connectivity index (χ0v) is 20.6. The number of ether oxygens (including phenoxy) is 2. The molecule has 9 heteroatoms. The third-order valence-corrected chi connectivity index (χ3v) is 6.78. The lowest BCUT2D eigenvalue weighted by Crippen LogP contribution is -2.56. The van der Waals surface area contributed by atoms with Crippen LogP contribution in [0.2, 0.25) is 0 Å². The summed E-state index contributed by atoms with van der Waals surface area (Å²) in [5, 5.41) is 26.1. The highest BCUT2D eigenvalue weighted by molar-refractivity contribution is 5.99. The molecule has 0 aromatic rings. The van der Waals surface area contributed by atoms with Crippen LogP contribution in [0.4, 0.5) is 4.39 Å². The number of ketones is 1. The van der Waals surface area contributed by atoms with E-state index in [2.05, 4.69) is 9.99 Å². The van der Waals surface area contributed by atoms with Gasteiger partial charge in [0.1, 0.15) is 23.4 Å². The van der Waals surface area contributed by atoms with E-state index in [9.17, 15) is 24.2 Å². The van der Waals surface area contributed by atoms with Gasteiger partial charge in [0.25, 0.3) is 6.86 Å². The van der Waals surface area contributed by atoms with Crippen LogP contribution in [-0.2, 0) is 23.9 Å². The number of alkyl halides is 1. The predicted octanol–water partition coefficient (Wildman–Crippen LogP) is 3.03. The molecule has 2 unspecified atom stereocenters. The maximum Gasteiger partial charge on any atom is 0.316 e. The molecule has 0 aliphatic carbocycles. The monoisotopic (exact) mass is 461 g/mol. The first-order chi connectivity index (χ1) is 14.8. The number of aliphatic hydroxyl groups excluding tert-OH is 1. The Morgan fingerprint density at radius 1 is 1.16 bits per heavy atom. The van der Waals surface area contributed by atoms with Gasteiger partial charge in [0.15, 0.2) is 0 Å². The molecule has 8 atom stereocenters. The van der Waals surface area contributed by atoms with E-state index in [1.165, 1.54) is 21.0 Å². The van der Waals surface area contributed by atoms with Crippen molar-refractivity contribution >= 4 is 17.5 Å². The molecule has 0 amide bonds. The number of hydrogen-bond acceptors (Lipinski definition) is 8. The van der Waals surface area contributed by atoms with Crippen molar-refractivity contribution in [3.05, 3.63) is 0 Å². The molecule has 1 fully saturated rings. The van der Waals surface area contributed by atoms with Crippen LogP contribution in [-0.4, -0.2) is 65.1 Å². The molecule has 1 aliphatic rings. The van der Waals surface area contributed by atoms with E-state index in [1.807, 2.05) is 13.8 Å². The Labute approximate surface area is 190 Å². The Kier molecular flexibility index (Phi) is 10.2. The summed E-state index contributed by atoms with van der Waals surface area (Å²) in [6, 6.07) is 0. The first kappa shape index (κ1) is 28.5. The average molecular weight is 462 g/mol. The van der Waals surface area contributed by atoms with Crippen molar-refractivity contribution in [2.24, 2.45) is 28.8 Å². The second kappa shape index (κ2) is 11.5. The number of nitrogens with zero attached hydrogens (tertiary/aromatic N) is 1. The van der Waals surface area contributed by atoms with Gasteiger partial charge in [-0.3, -0.25) is 9.59 Å². The first-order valence-corrected chi connectivity index (χ1v) is 11.2. The summed E-state index contributed by atoms with van der Waals surface area (Å²) in [6.07, 6.45) is -1.53. The Hall–Kier alpha value is -1.58. The van der Waals surface area contributed by atoms with E-state index in [0.717, 1.165) is 0 Å². The number of hydrogen-bond donors (Lipinski definition) is 2. The minimum Gasteiger partial charge on any atom is -0.459 e. The quantitative estimate of drug-likeness (QED) is 0.376. The molecule has 1 heterocycles. The molecule has 0 aromatic carbocycles. The van der Waals surface area contributed by atoms with Gasteiger partial charge in [-0.05, 0) is 40.0 Å².